The number of carbonyl (C=O) groups excluding carboxylic acids is 2. The molecule has 0 heterocycles. The van der Waals surface area contributed by atoms with Crippen molar-refractivity contribution in [2.75, 3.05) is 5.32 Å². The van der Waals surface area contributed by atoms with E-state index in [1.54, 1.807) is 31.2 Å². The molecule has 1 aromatic carbocycles. The maximum atomic E-state index is 12.1. The van der Waals surface area contributed by atoms with Crippen molar-refractivity contribution in [1.29, 1.82) is 0 Å². The topological polar surface area (TPSA) is 67.4 Å². The van der Waals surface area contributed by atoms with Gasteiger partial charge in [-0.05, 0) is 44.7 Å². The second-order valence-electron chi connectivity index (χ2n) is 7.90. The fourth-order valence-electron chi connectivity index (χ4n) is 2.65. The molecule has 0 radical (unpaired) electrons. The second kappa shape index (κ2) is 7.51. The highest BCUT2D eigenvalue weighted by Gasteiger charge is 2.27. The molecule has 132 valence electrons. The van der Waals surface area contributed by atoms with E-state index in [-0.39, 0.29) is 16.9 Å². The van der Waals surface area contributed by atoms with E-state index in [4.69, 9.17) is 4.74 Å². The molecule has 0 aliphatic carbocycles. The third-order valence-corrected chi connectivity index (χ3v) is 3.10. The summed E-state index contributed by atoms with van der Waals surface area (Å²) in [4.78, 5) is 23.8. The molecule has 0 atom stereocenters. The first-order valence-corrected chi connectivity index (χ1v) is 7.95. The van der Waals surface area contributed by atoms with Gasteiger partial charge in [0.1, 0.15) is 5.75 Å². The lowest BCUT2D eigenvalue weighted by Crippen LogP contribution is -2.47. The maximum Gasteiger partial charge on any atom is 0.413 e. The summed E-state index contributed by atoms with van der Waals surface area (Å²) in [6.07, 6.45) is 0.289. The van der Waals surface area contributed by atoms with Crippen molar-refractivity contribution in [3.63, 3.8) is 0 Å². The number of hydrogen-bond acceptors (Lipinski definition) is 3. The Morgan fingerprint density at radius 3 is 2.33 bits per heavy atom. The third-order valence-electron chi connectivity index (χ3n) is 3.10. The van der Waals surface area contributed by atoms with Crippen molar-refractivity contribution in [3.8, 4) is 5.75 Å². The predicted molar refractivity (Wildman–Crippen MR) is 97.2 cm³/mol. The minimum atomic E-state index is -0.521. The summed E-state index contributed by atoms with van der Waals surface area (Å²) in [5.41, 5.74) is 0.648. The Hall–Kier alpha value is -2.30. The summed E-state index contributed by atoms with van der Waals surface area (Å²) >= 11 is 0. The lowest BCUT2D eigenvalue weighted by molar-refractivity contribution is -0.112. The molecule has 0 unspecified atom stereocenters. The zero-order valence-corrected chi connectivity index (χ0v) is 15.4. The van der Waals surface area contributed by atoms with E-state index < -0.39 is 6.09 Å². The molecule has 0 saturated heterocycles. The molecule has 0 saturated carbocycles. The summed E-state index contributed by atoms with van der Waals surface area (Å²) in [6.45, 7) is 15.5. The normalized spacial score (nSPS) is 11.6. The number of anilines is 1. The second-order valence-corrected chi connectivity index (χ2v) is 7.90. The summed E-state index contributed by atoms with van der Waals surface area (Å²) in [5, 5.41) is 5.56. The molecule has 0 aliphatic rings. The third kappa shape index (κ3) is 7.31. The van der Waals surface area contributed by atoms with Gasteiger partial charge in [0.25, 0.3) is 5.91 Å². The van der Waals surface area contributed by atoms with Gasteiger partial charge in [-0.3, -0.25) is 4.79 Å². The van der Waals surface area contributed by atoms with Crippen LogP contribution in [0.4, 0.5) is 10.5 Å². The van der Waals surface area contributed by atoms with Crippen molar-refractivity contribution < 1.29 is 14.3 Å². The first-order chi connectivity index (χ1) is 10.9. The Labute approximate surface area is 144 Å². The van der Waals surface area contributed by atoms with Crippen molar-refractivity contribution in [2.24, 2.45) is 5.41 Å². The van der Waals surface area contributed by atoms with E-state index in [1.807, 2.05) is 13.8 Å². The van der Waals surface area contributed by atoms with Crippen LogP contribution in [0.5, 0.6) is 5.75 Å². The molecular weight excluding hydrogens is 304 g/mol. The van der Waals surface area contributed by atoms with Gasteiger partial charge in [-0.15, -0.1) is 0 Å². The minimum absolute atomic E-state index is 0.0868. The molecule has 5 heteroatoms. The molecule has 24 heavy (non-hydrogen) atoms. The highest BCUT2D eigenvalue weighted by molar-refractivity contribution is 6.02. The Balaban J connectivity index is 2.71. The molecule has 2 amide bonds. The van der Waals surface area contributed by atoms with Crippen LogP contribution in [0.2, 0.25) is 0 Å². The van der Waals surface area contributed by atoms with Crippen LogP contribution in [0.1, 0.15) is 48.0 Å². The predicted octanol–water partition coefficient (Wildman–Crippen LogP) is 4.50. The van der Waals surface area contributed by atoms with Crippen molar-refractivity contribution in [2.45, 2.75) is 53.5 Å². The number of hydrogen-bond donors (Lipinski definition) is 2. The van der Waals surface area contributed by atoms with Crippen LogP contribution < -0.4 is 15.4 Å². The first-order valence-electron chi connectivity index (χ1n) is 7.95. The van der Waals surface area contributed by atoms with Crippen LogP contribution in [-0.2, 0) is 4.79 Å². The van der Waals surface area contributed by atoms with Gasteiger partial charge in [0.2, 0.25) is 0 Å². The van der Waals surface area contributed by atoms with E-state index in [0.717, 1.165) is 6.42 Å². The van der Waals surface area contributed by atoms with Crippen LogP contribution in [0.25, 0.3) is 0 Å². The van der Waals surface area contributed by atoms with E-state index in [1.165, 1.54) is 0 Å². The molecule has 0 aliphatic heterocycles. The standard InChI is InChI=1S/C19H28N2O3/c1-13(2)16(22)20-14-9-8-10-15(11-14)24-17(23)21-19(6,7)12-18(3,4)5/h8-11H,1,12H2,2-7H3,(H,20,22)(H,21,23). The number of ether oxygens (including phenoxy) is 1. The van der Waals surface area contributed by atoms with E-state index in [9.17, 15) is 9.59 Å². The molecule has 0 aromatic heterocycles. The van der Waals surface area contributed by atoms with Gasteiger partial charge in [-0.1, -0.05) is 33.4 Å². The highest BCUT2D eigenvalue weighted by atomic mass is 16.6. The first kappa shape index (κ1) is 19.7. The number of amides is 2. The van der Waals surface area contributed by atoms with Crippen molar-refractivity contribution in [3.05, 3.63) is 36.4 Å². The van der Waals surface area contributed by atoms with Gasteiger partial charge in [0, 0.05) is 22.9 Å². The average Bonchev–Trinajstić information content (AvgIpc) is 2.34. The lowest BCUT2D eigenvalue weighted by Gasteiger charge is -2.32. The molecule has 1 aromatic rings. The smallest absolute Gasteiger partial charge is 0.410 e. The zero-order chi connectivity index (χ0) is 18.5. The Bertz CT molecular complexity index is 628. The molecule has 5 nitrogen and oxygen atoms in total. The summed E-state index contributed by atoms with van der Waals surface area (Å²) in [7, 11) is 0. The quantitative estimate of drug-likeness (QED) is 0.780. The van der Waals surface area contributed by atoms with E-state index in [0.29, 0.717) is 17.0 Å². The maximum absolute atomic E-state index is 12.1. The molecular formula is C19H28N2O3. The van der Waals surface area contributed by atoms with E-state index in [2.05, 4.69) is 38.0 Å². The van der Waals surface area contributed by atoms with Crippen molar-refractivity contribution >= 4 is 17.7 Å². The van der Waals surface area contributed by atoms with Gasteiger partial charge in [0.05, 0.1) is 0 Å². The van der Waals surface area contributed by atoms with Crippen LogP contribution in [0, 0.1) is 5.41 Å². The van der Waals surface area contributed by atoms with Gasteiger partial charge in [0.15, 0.2) is 0 Å². The molecule has 0 spiro atoms. The summed E-state index contributed by atoms with van der Waals surface area (Å²) in [6, 6.07) is 6.68. The van der Waals surface area contributed by atoms with E-state index >= 15 is 0 Å². The van der Waals surface area contributed by atoms with Gasteiger partial charge in [-0.25, -0.2) is 4.79 Å². The Kier molecular flexibility index (Phi) is 6.18. The number of rotatable bonds is 5. The molecule has 1 rings (SSSR count). The highest BCUT2D eigenvalue weighted by Crippen LogP contribution is 2.27. The molecule has 0 fully saturated rings. The molecule has 2 N–H and O–H groups in total. The van der Waals surface area contributed by atoms with Crippen LogP contribution >= 0.6 is 0 Å². The van der Waals surface area contributed by atoms with Gasteiger partial charge in [-0.2, -0.15) is 0 Å². The number of nitrogens with one attached hydrogen (secondary N) is 2. The SMILES string of the molecule is C=C(C)C(=O)Nc1cccc(OC(=O)NC(C)(C)CC(C)(C)C)c1. The van der Waals surface area contributed by atoms with Crippen LogP contribution in [0.15, 0.2) is 36.4 Å². The number of carbonyl (C=O) groups is 2. The largest absolute Gasteiger partial charge is 0.413 e. The molecule has 0 bridgehead atoms. The fraction of sp³-hybridized carbons (Fsp3) is 0.474. The van der Waals surface area contributed by atoms with Crippen molar-refractivity contribution in [1.82, 2.24) is 5.32 Å². The monoisotopic (exact) mass is 332 g/mol. The average molecular weight is 332 g/mol. The van der Waals surface area contributed by atoms with Gasteiger partial charge < -0.3 is 15.4 Å². The summed E-state index contributed by atoms with van der Waals surface area (Å²) < 4.78 is 5.32. The number of benzene rings is 1. The fourth-order valence-corrected chi connectivity index (χ4v) is 2.65. The zero-order valence-electron chi connectivity index (χ0n) is 15.4. The minimum Gasteiger partial charge on any atom is -0.410 e. The lowest BCUT2D eigenvalue weighted by atomic mass is 9.82. The van der Waals surface area contributed by atoms with Crippen LogP contribution in [-0.4, -0.2) is 17.5 Å². The van der Waals surface area contributed by atoms with Gasteiger partial charge >= 0.3 is 6.09 Å². The van der Waals surface area contributed by atoms with Crippen LogP contribution in [0.3, 0.4) is 0 Å². The Morgan fingerprint density at radius 2 is 1.79 bits per heavy atom. The Morgan fingerprint density at radius 1 is 1.17 bits per heavy atom. The summed E-state index contributed by atoms with van der Waals surface area (Å²) in [5.74, 6) is 0.0847.